The van der Waals surface area contributed by atoms with Crippen molar-refractivity contribution in [3.05, 3.63) is 83.7 Å². The van der Waals surface area contributed by atoms with Gasteiger partial charge in [-0.25, -0.2) is 9.82 Å². The van der Waals surface area contributed by atoms with Crippen molar-refractivity contribution in [2.75, 3.05) is 25.2 Å². The average Bonchev–Trinajstić information content (AvgIpc) is 3.31. The predicted molar refractivity (Wildman–Crippen MR) is 138 cm³/mol. The number of ether oxygens (including phenoxy) is 3. The fourth-order valence-electron chi connectivity index (χ4n) is 3.91. The van der Waals surface area contributed by atoms with Crippen LogP contribution in [-0.4, -0.2) is 38.3 Å². The molecule has 1 saturated heterocycles. The number of carbonyl (C=O) groups is 2. The SMILES string of the molecule is CCOc1ccc(N2C[C@H](C(=O)N/N=C\c3ccc(OCc4ccc(F)cc4)c(OC)c3)CC2=O)cc1. The van der Waals surface area contributed by atoms with Crippen LogP contribution in [0.3, 0.4) is 0 Å². The van der Waals surface area contributed by atoms with Crippen molar-refractivity contribution < 1.29 is 28.2 Å². The van der Waals surface area contributed by atoms with Gasteiger partial charge in [0.05, 0.1) is 25.8 Å². The van der Waals surface area contributed by atoms with Crippen LogP contribution in [0.15, 0.2) is 71.8 Å². The van der Waals surface area contributed by atoms with Crippen molar-refractivity contribution in [3.63, 3.8) is 0 Å². The number of methoxy groups -OCH3 is 1. The highest BCUT2D eigenvalue weighted by Gasteiger charge is 2.35. The molecule has 1 heterocycles. The number of rotatable bonds is 10. The molecule has 1 atom stereocenters. The van der Waals surface area contributed by atoms with Crippen molar-refractivity contribution in [2.45, 2.75) is 20.0 Å². The summed E-state index contributed by atoms with van der Waals surface area (Å²) >= 11 is 0. The monoisotopic (exact) mass is 505 g/mol. The largest absolute Gasteiger partial charge is 0.494 e. The van der Waals surface area contributed by atoms with Crippen molar-refractivity contribution >= 4 is 23.7 Å². The molecular formula is C28H28FN3O5. The Kier molecular flexibility index (Phi) is 8.35. The van der Waals surface area contributed by atoms with E-state index in [4.69, 9.17) is 14.2 Å². The summed E-state index contributed by atoms with van der Waals surface area (Å²) in [7, 11) is 1.52. The maximum atomic E-state index is 13.1. The number of hydrogen-bond acceptors (Lipinski definition) is 6. The van der Waals surface area contributed by atoms with Gasteiger partial charge in [-0.05, 0) is 72.6 Å². The van der Waals surface area contributed by atoms with E-state index in [9.17, 15) is 14.0 Å². The van der Waals surface area contributed by atoms with Crippen LogP contribution in [0.5, 0.6) is 17.2 Å². The normalized spacial score (nSPS) is 15.2. The summed E-state index contributed by atoms with van der Waals surface area (Å²) < 4.78 is 29.7. The predicted octanol–water partition coefficient (Wildman–Crippen LogP) is 4.32. The summed E-state index contributed by atoms with van der Waals surface area (Å²) in [6.07, 6.45) is 1.60. The fourth-order valence-corrected chi connectivity index (χ4v) is 3.91. The Hall–Kier alpha value is -4.40. The summed E-state index contributed by atoms with van der Waals surface area (Å²) in [5, 5.41) is 4.05. The molecule has 192 valence electrons. The van der Waals surface area contributed by atoms with Crippen LogP contribution in [0.2, 0.25) is 0 Å². The van der Waals surface area contributed by atoms with Crippen LogP contribution < -0.4 is 24.5 Å². The van der Waals surface area contributed by atoms with Gasteiger partial charge in [0.15, 0.2) is 11.5 Å². The number of hydrazone groups is 1. The van der Waals surface area contributed by atoms with Crippen LogP contribution in [0, 0.1) is 11.7 Å². The minimum Gasteiger partial charge on any atom is -0.494 e. The molecule has 0 spiro atoms. The highest BCUT2D eigenvalue weighted by molar-refractivity contribution is 6.00. The Morgan fingerprint density at radius 1 is 1.08 bits per heavy atom. The first-order chi connectivity index (χ1) is 18.0. The van der Waals surface area contributed by atoms with Crippen LogP contribution in [-0.2, 0) is 16.2 Å². The Morgan fingerprint density at radius 3 is 2.54 bits per heavy atom. The zero-order valence-corrected chi connectivity index (χ0v) is 20.6. The second kappa shape index (κ2) is 12.0. The first kappa shape index (κ1) is 25.7. The number of carbonyl (C=O) groups excluding carboxylic acids is 2. The molecular weight excluding hydrogens is 477 g/mol. The Balaban J connectivity index is 1.31. The maximum Gasteiger partial charge on any atom is 0.245 e. The van der Waals surface area contributed by atoms with Gasteiger partial charge in [0.1, 0.15) is 18.2 Å². The molecule has 0 aromatic heterocycles. The number of anilines is 1. The Bertz CT molecular complexity index is 1260. The van der Waals surface area contributed by atoms with Crippen molar-refractivity contribution in [1.29, 1.82) is 0 Å². The van der Waals surface area contributed by atoms with E-state index in [2.05, 4.69) is 10.5 Å². The number of halogens is 1. The molecule has 0 radical (unpaired) electrons. The van der Waals surface area contributed by atoms with E-state index in [1.165, 1.54) is 25.5 Å². The fraction of sp³-hybridized carbons (Fsp3) is 0.250. The van der Waals surface area contributed by atoms with Gasteiger partial charge in [0, 0.05) is 18.7 Å². The molecule has 0 unspecified atom stereocenters. The molecule has 0 aliphatic carbocycles. The van der Waals surface area contributed by atoms with E-state index in [1.54, 1.807) is 47.4 Å². The van der Waals surface area contributed by atoms with Crippen molar-refractivity contribution in [1.82, 2.24) is 5.43 Å². The van der Waals surface area contributed by atoms with Gasteiger partial charge >= 0.3 is 0 Å². The quantitative estimate of drug-likeness (QED) is 0.328. The lowest BCUT2D eigenvalue weighted by Gasteiger charge is -2.17. The van der Waals surface area contributed by atoms with Gasteiger partial charge in [-0.2, -0.15) is 5.10 Å². The lowest BCUT2D eigenvalue weighted by Crippen LogP contribution is -2.30. The summed E-state index contributed by atoms with van der Waals surface area (Å²) in [5.74, 6) is 0.482. The highest BCUT2D eigenvalue weighted by Crippen LogP contribution is 2.29. The van der Waals surface area contributed by atoms with E-state index in [1.807, 2.05) is 19.1 Å². The molecule has 9 heteroatoms. The van der Waals surface area contributed by atoms with Crippen LogP contribution in [0.4, 0.5) is 10.1 Å². The first-order valence-corrected chi connectivity index (χ1v) is 11.9. The second-order valence-electron chi connectivity index (χ2n) is 8.39. The first-order valence-electron chi connectivity index (χ1n) is 11.9. The van der Waals surface area contributed by atoms with Crippen LogP contribution in [0.25, 0.3) is 0 Å². The molecule has 3 aromatic carbocycles. The Morgan fingerprint density at radius 2 is 1.84 bits per heavy atom. The molecule has 0 saturated carbocycles. The van der Waals surface area contributed by atoms with E-state index < -0.39 is 5.92 Å². The van der Waals surface area contributed by atoms with E-state index >= 15 is 0 Å². The van der Waals surface area contributed by atoms with Gasteiger partial charge < -0.3 is 19.1 Å². The van der Waals surface area contributed by atoms with Gasteiger partial charge in [-0.1, -0.05) is 12.1 Å². The molecule has 4 rings (SSSR count). The summed E-state index contributed by atoms with van der Waals surface area (Å²) in [6.45, 7) is 3.00. The molecule has 3 aromatic rings. The number of amides is 2. The average molecular weight is 506 g/mol. The maximum absolute atomic E-state index is 13.1. The minimum absolute atomic E-state index is 0.114. The Labute approximate surface area is 214 Å². The van der Waals surface area contributed by atoms with Crippen molar-refractivity contribution in [2.24, 2.45) is 11.0 Å². The second-order valence-corrected chi connectivity index (χ2v) is 8.39. The molecule has 37 heavy (non-hydrogen) atoms. The summed E-state index contributed by atoms with van der Waals surface area (Å²) in [5.41, 5.74) is 4.75. The highest BCUT2D eigenvalue weighted by atomic mass is 19.1. The van der Waals surface area contributed by atoms with Crippen LogP contribution in [0.1, 0.15) is 24.5 Å². The number of hydrogen-bond donors (Lipinski definition) is 1. The third kappa shape index (κ3) is 6.63. The molecule has 2 amide bonds. The molecule has 0 bridgehead atoms. The molecule has 1 aliphatic rings. The third-order valence-electron chi connectivity index (χ3n) is 5.84. The van der Waals surface area contributed by atoms with E-state index in [-0.39, 0.29) is 37.2 Å². The molecule has 1 N–H and O–H groups in total. The number of nitrogens with one attached hydrogen (secondary N) is 1. The number of nitrogens with zero attached hydrogens (tertiary/aromatic N) is 2. The molecule has 1 aliphatic heterocycles. The van der Waals surface area contributed by atoms with Crippen molar-refractivity contribution in [3.8, 4) is 17.2 Å². The summed E-state index contributed by atoms with van der Waals surface area (Å²) in [6, 6.07) is 18.5. The molecule has 8 nitrogen and oxygen atoms in total. The van der Waals surface area contributed by atoms with E-state index in [0.29, 0.717) is 23.7 Å². The smallest absolute Gasteiger partial charge is 0.245 e. The third-order valence-corrected chi connectivity index (χ3v) is 5.84. The van der Waals surface area contributed by atoms with E-state index in [0.717, 1.165) is 17.0 Å². The van der Waals surface area contributed by atoms with Gasteiger partial charge in [0.25, 0.3) is 0 Å². The zero-order chi connectivity index (χ0) is 26.2. The standard InChI is InChI=1S/C28H28FN3O5/c1-3-36-24-11-9-23(10-12-24)32-17-21(15-27(32)33)28(34)31-30-16-20-6-13-25(26(14-20)35-2)37-18-19-4-7-22(29)8-5-19/h4-14,16,21H,3,15,17-18H2,1-2H3,(H,31,34)/b30-16-/t21-/m1/s1. The minimum atomic E-state index is -0.506. The van der Waals surface area contributed by atoms with Crippen LogP contribution >= 0.6 is 0 Å². The summed E-state index contributed by atoms with van der Waals surface area (Å²) in [4.78, 5) is 26.7. The van der Waals surface area contributed by atoms with Gasteiger partial charge in [-0.15, -0.1) is 0 Å². The topological polar surface area (TPSA) is 89.5 Å². The van der Waals surface area contributed by atoms with Gasteiger partial charge in [0.2, 0.25) is 11.8 Å². The van der Waals surface area contributed by atoms with Gasteiger partial charge in [-0.3, -0.25) is 9.59 Å². The zero-order valence-electron chi connectivity index (χ0n) is 20.6. The lowest BCUT2D eigenvalue weighted by atomic mass is 10.1. The molecule has 1 fully saturated rings. The number of benzene rings is 3. The lowest BCUT2D eigenvalue weighted by molar-refractivity contribution is -0.126.